The Kier molecular flexibility index (Phi) is 4.64. The fourth-order valence-electron chi connectivity index (χ4n) is 4.17. The van der Waals surface area contributed by atoms with Crippen LogP contribution in [0.1, 0.15) is 22.7 Å². The van der Waals surface area contributed by atoms with E-state index in [4.69, 9.17) is 0 Å². The molecule has 1 amide bonds. The van der Waals surface area contributed by atoms with E-state index in [1.807, 2.05) is 30.3 Å². The lowest BCUT2D eigenvalue weighted by atomic mass is 9.90. The van der Waals surface area contributed by atoms with E-state index < -0.39 is 0 Å². The number of aromatic amines is 1. The van der Waals surface area contributed by atoms with Crippen LogP contribution in [-0.4, -0.2) is 27.8 Å². The van der Waals surface area contributed by atoms with Crippen molar-refractivity contribution in [3.8, 4) is 22.5 Å². The second-order valence-corrected chi connectivity index (χ2v) is 7.53. The number of amides is 1. The van der Waals surface area contributed by atoms with Crippen LogP contribution in [0, 0.1) is 5.82 Å². The van der Waals surface area contributed by atoms with Gasteiger partial charge in [-0.3, -0.25) is 9.78 Å². The Bertz CT molecular complexity index is 1200. The van der Waals surface area contributed by atoms with Crippen LogP contribution in [0.25, 0.3) is 22.5 Å². The van der Waals surface area contributed by atoms with Gasteiger partial charge in [-0.15, -0.1) is 0 Å². The van der Waals surface area contributed by atoms with E-state index in [0.29, 0.717) is 24.3 Å². The van der Waals surface area contributed by atoms with Crippen molar-refractivity contribution in [1.82, 2.24) is 14.9 Å². The number of nitrogens with one attached hydrogen (secondary N) is 1. The summed E-state index contributed by atoms with van der Waals surface area (Å²) in [5.41, 5.74) is 6.33. The maximum Gasteiger partial charge on any atom is 0.210 e. The van der Waals surface area contributed by atoms with E-state index in [0.717, 1.165) is 28.9 Å². The number of nitrogens with zero attached hydrogens (tertiary/aromatic N) is 2. The number of aromatic nitrogens is 2. The van der Waals surface area contributed by atoms with Gasteiger partial charge in [0, 0.05) is 47.7 Å². The van der Waals surface area contributed by atoms with Crippen LogP contribution in [0.3, 0.4) is 0 Å². The first-order chi connectivity index (χ1) is 14.7. The summed E-state index contributed by atoms with van der Waals surface area (Å²) < 4.78 is 14.2. The number of hydrogen-bond donors (Lipinski definition) is 1. The Morgan fingerprint density at radius 2 is 1.83 bits per heavy atom. The average Bonchev–Trinajstić information content (AvgIpc) is 3.23. The minimum Gasteiger partial charge on any atom is -0.358 e. The predicted molar refractivity (Wildman–Crippen MR) is 114 cm³/mol. The van der Waals surface area contributed by atoms with Crippen molar-refractivity contribution in [3.05, 3.63) is 102 Å². The van der Waals surface area contributed by atoms with Crippen molar-refractivity contribution in [2.75, 3.05) is 6.54 Å². The number of halogens is 1. The van der Waals surface area contributed by atoms with E-state index in [9.17, 15) is 9.18 Å². The topological polar surface area (TPSA) is 49.0 Å². The molecule has 0 saturated carbocycles. The number of fused-ring (bicyclic) bond motifs is 1. The molecule has 4 aromatic rings. The smallest absolute Gasteiger partial charge is 0.210 e. The molecule has 1 atom stereocenters. The van der Waals surface area contributed by atoms with Gasteiger partial charge in [-0.2, -0.15) is 0 Å². The largest absolute Gasteiger partial charge is 0.358 e. The summed E-state index contributed by atoms with van der Waals surface area (Å²) in [7, 11) is 0. The maximum atomic E-state index is 14.2. The van der Waals surface area contributed by atoms with Crippen LogP contribution in [-0.2, 0) is 11.3 Å². The average molecular weight is 397 g/mol. The first-order valence-electron chi connectivity index (χ1n) is 9.90. The SMILES string of the molecule is O=CN1Cc2cc(-c3ccnc(-c4ccccc4F)c3)[nH]c2C(c2ccccc2)C1. The Morgan fingerprint density at radius 1 is 1.03 bits per heavy atom. The third-order valence-electron chi connectivity index (χ3n) is 5.64. The van der Waals surface area contributed by atoms with Gasteiger partial charge in [-0.05, 0) is 41.5 Å². The third kappa shape index (κ3) is 3.28. The Hall–Kier alpha value is -3.73. The molecule has 148 valence electrons. The molecular weight excluding hydrogens is 377 g/mol. The van der Waals surface area contributed by atoms with Crippen LogP contribution in [0.5, 0.6) is 0 Å². The molecule has 30 heavy (non-hydrogen) atoms. The molecule has 0 spiro atoms. The van der Waals surface area contributed by atoms with Crippen molar-refractivity contribution >= 4 is 6.41 Å². The zero-order chi connectivity index (χ0) is 20.5. The van der Waals surface area contributed by atoms with Crippen LogP contribution in [0.15, 0.2) is 79.0 Å². The van der Waals surface area contributed by atoms with Crippen molar-refractivity contribution in [1.29, 1.82) is 0 Å². The van der Waals surface area contributed by atoms with Gasteiger partial charge in [0.2, 0.25) is 6.41 Å². The standard InChI is InChI=1S/C25H20FN3O/c26-22-9-5-4-8-20(22)24-12-18(10-11-27-24)23-13-19-14-29(16-30)15-21(25(19)28-23)17-6-2-1-3-7-17/h1-13,16,21,28H,14-15H2. The van der Waals surface area contributed by atoms with Crippen molar-refractivity contribution in [2.45, 2.75) is 12.5 Å². The fourth-order valence-corrected chi connectivity index (χ4v) is 4.17. The van der Waals surface area contributed by atoms with Crippen LogP contribution in [0.2, 0.25) is 0 Å². The van der Waals surface area contributed by atoms with Crippen LogP contribution >= 0.6 is 0 Å². The van der Waals surface area contributed by atoms with Gasteiger partial charge in [0.1, 0.15) is 5.82 Å². The van der Waals surface area contributed by atoms with E-state index in [-0.39, 0.29) is 11.7 Å². The molecule has 5 rings (SSSR count). The molecule has 0 bridgehead atoms. The number of H-pyrrole nitrogens is 1. The minimum absolute atomic E-state index is 0.0850. The number of rotatable bonds is 4. The zero-order valence-corrected chi connectivity index (χ0v) is 16.3. The highest BCUT2D eigenvalue weighted by atomic mass is 19.1. The van der Waals surface area contributed by atoms with Gasteiger partial charge in [0.25, 0.3) is 0 Å². The van der Waals surface area contributed by atoms with Crippen molar-refractivity contribution in [2.24, 2.45) is 0 Å². The van der Waals surface area contributed by atoms with Gasteiger partial charge in [-0.25, -0.2) is 4.39 Å². The van der Waals surface area contributed by atoms with Gasteiger partial charge in [0.15, 0.2) is 0 Å². The van der Waals surface area contributed by atoms with Crippen LogP contribution in [0.4, 0.5) is 4.39 Å². The van der Waals surface area contributed by atoms with Crippen molar-refractivity contribution < 1.29 is 9.18 Å². The number of pyridine rings is 1. The molecule has 1 N–H and O–H groups in total. The lowest BCUT2D eigenvalue weighted by Crippen LogP contribution is -2.32. The minimum atomic E-state index is -0.293. The molecule has 1 unspecified atom stereocenters. The first-order valence-corrected chi connectivity index (χ1v) is 9.90. The molecular formula is C25H20FN3O. The van der Waals surface area contributed by atoms with Gasteiger partial charge >= 0.3 is 0 Å². The molecule has 2 aromatic carbocycles. The second-order valence-electron chi connectivity index (χ2n) is 7.53. The lowest BCUT2D eigenvalue weighted by molar-refractivity contribution is -0.119. The summed E-state index contributed by atoms with van der Waals surface area (Å²) in [6.45, 7) is 1.21. The van der Waals surface area contributed by atoms with E-state index >= 15 is 0 Å². The summed E-state index contributed by atoms with van der Waals surface area (Å²) >= 11 is 0. The molecule has 0 saturated heterocycles. The summed E-state index contributed by atoms with van der Waals surface area (Å²) in [6.07, 6.45) is 2.61. The summed E-state index contributed by atoms with van der Waals surface area (Å²) in [5.74, 6) is -0.208. The highest BCUT2D eigenvalue weighted by Gasteiger charge is 2.28. The van der Waals surface area contributed by atoms with Gasteiger partial charge < -0.3 is 9.88 Å². The molecule has 4 nitrogen and oxygen atoms in total. The highest BCUT2D eigenvalue weighted by Crippen LogP contribution is 2.36. The van der Waals surface area contributed by atoms with Gasteiger partial charge in [-0.1, -0.05) is 42.5 Å². The number of hydrogen-bond acceptors (Lipinski definition) is 2. The molecule has 5 heteroatoms. The molecule has 0 aliphatic carbocycles. The summed E-state index contributed by atoms with van der Waals surface area (Å²) in [6, 6.07) is 22.7. The van der Waals surface area contributed by atoms with E-state index in [2.05, 4.69) is 28.2 Å². The molecule has 2 aromatic heterocycles. The molecule has 1 aliphatic rings. The van der Waals surface area contributed by atoms with Crippen molar-refractivity contribution in [3.63, 3.8) is 0 Å². The number of carbonyl (C=O) groups excluding carboxylic acids is 1. The number of carbonyl (C=O) groups is 1. The Labute approximate surface area is 174 Å². The maximum absolute atomic E-state index is 14.2. The highest BCUT2D eigenvalue weighted by molar-refractivity contribution is 5.70. The third-order valence-corrected chi connectivity index (χ3v) is 5.64. The molecule has 3 heterocycles. The first kappa shape index (κ1) is 18.3. The Balaban J connectivity index is 1.57. The van der Waals surface area contributed by atoms with E-state index in [1.165, 1.54) is 11.6 Å². The lowest BCUT2D eigenvalue weighted by Gasteiger charge is -2.30. The zero-order valence-electron chi connectivity index (χ0n) is 16.3. The summed E-state index contributed by atoms with van der Waals surface area (Å²) in [5, 5.41) is 0. The predicted octanol–water partition coefficient (Wildman–Crippen LogP) is 4.99. The summed E-state index contributed by atoms with van der Waals surface area (Å²) in [4.78, 5) is 21.3. The quantitative estimate of drug-likeness (QED) is 0.494. The normalized spacial score (nSPS) is 15.6. The number of benzene rings is 2. The fraction of sp³-hybridized carbons (Fsp3) is 0.120. The molecule has 0 radical (unpaired) electrons. The second kappa shape index (κ2) is 7.59. The Morgan fingerprint density at radius 3 is 2.63 bits per heavy atom. The van der Waals surface area contributed by atoms with E-state index in [1.54, 1.807) is 29.3 Å². The molecule has 0 fully saturated rings. The van der Waals surface area contributed by atoms with Gasteiger partial charge in [0.05, 0.1) is 5.69 Å². The monoisotopic (exact) mass is 397 g/mol. The van der Waals surface area contributed by atoms with Crippen LogP contribution < -0.4 is 0 Å². The molecule has 1 aliphatic heterocycles.